The van der Waals surface area contributed by atoms with Crippen molar-refractivity contribution in [2.24, 2.45) is 0 Å². The zero-order valence-corrected chi connectivity index (χ0v) is 15.2. The van der Waals surface area contributed by atoms with Crippen molar-refractivity contribution >= 4 is 17.6 Å². The minimum atomic E-state index is -0.836. The van der Waals surface area contributed by atoms with Crippen LogP contribution in [-0.4, -0.2) is 26.8 Å². The molecule has 25 heavy (non-hydrogen) atoms. The number of aliphatic carboxylic acids is 1. The van der Waals surface area contributed by atoms with Gasteiger partial charge < -0.3 is 10.4 Å². The summed E-state index contributed by atoms with van der Waals surface area (Å²) >= 11 is 0. The first-order chi connectivity index (χ1) is 11.7. The smallest absolute Gasteiger partial charge is 0.303 e. The van der Waals surface area contributed by atoms with E-state index < -0.39 is 5.97 Å². The minimum absolute atomic E-state index is 0.0652. The summed E-state index contributed by atoms with van der Waals surface area (Å²) in [6, 6.07) is 7.27. The highest BCUT2D eigenvalue weighted by atomic mass is 16.4. The van der Waals surface area contributed by atoms with Crippen molar-refractivity contribution in [3.8, 4) is 0 Å². The number of rotatable bonds is 6. The lowest BCUT2D eigenvalue weighted by Crippen LogP contribution is -2.26. The molecule has 1 aromatic heterocycles. The number of amides is 1. The first-order valence-corrected chi connectivity index (χ1v) is 8.42. The molecule has 2 N–H and O–H groups in total. The molecule has 0 aliphatic heterocycles. The van der Waals surface area contributed by atoms with Gasteiger partial charge in [0, 0.05) is 12.1 Å². The molecule has 1 amide bonds. The predicted molar refractivity (Wildman–Crippen MR) is 97.0 cm³/mol. The number of carboxylic acids is 1. The van der Waals surface area contributed by atoms with E-state index in [9.17, 15) is 9.59 Å². The largest absolute Gasteiger partial charge is 0.481 e. The molecule has 2 aromatic rings. The Balaban J connectivity index is 2.19. The van der Waals surface area contributed by atoms with E-state index in [2.05, 4.69) is 10.4 Å². The standard InChI is InChI=1S/C19H25N3O3/c1-5-16-15(12-20-22(16)19(2,3)4)18(25)21-14-8-6-7-13(11-14)9-10-17(23)24/h6-8,11-12H,5,9-10H2,1-4H3,(H,21,25)(H,23,24). The number of carbonyl (C=O) groups excluding carboxylic acids is 1. The summed E-state index contributed by atoms with van der Waals surface area (Å²) in [5.74, 6) is -1.04. The fourth-order valence-corrected chi connectivity index (χ4v) is 2.74. The molecule has 0 aliphatic carbocycles. The van der Waals surface area contributed by atoms with Gasteiger partial charge in [0.2, 0.25) is 0 Å². The summed E-state index contributed by atoms with van der Waals surface area (Å²) in [5.41, 5.74) is 2.79. The summed E-state index contributed by atoms with van der Waals surface area (Å²) < 4.78 is 1.88. The van der Waals surface area contributed by atoms with Crippen molar-refractivity contribution in [2.75, 3.05) is 5.32 Å². The molecule has 6 nitrogen and oxygen atoms in total. The van der Waals surface area contributed by atoms with Gasteiger partial charge in [0.15, 0.2) is 0 Å². The summed E-state index contributed by atoms with van der Waals surface area (Å²) in [5, 5.41) is 16.0. The van der Waals surface area contributed by atoms with Crippen LogP contribution in [0.25, 0.3) is 0 Å². The van der Waals surface area contributed by atoms with Gasteiger partial charge >= 0.3 is 5.97 Å². The molecule has 0 fully saturated rings. The summed E-state index contributed by atoms with van der Waals surface area (Å²) in [4.78, 5) is 23.3. The monoisotopic (exact) mass is 343 g/mol. The Kier molecular flexibility index (Phi) is 5.62. The number of hydrogen-bond donors (Lipinski definition) is 2. The van der Waals surface area contributed by atoms with E-state index in [-0.39, 0.29) is 17.9 Å². The lowest BCUT2D eigenvalue weighted by molar-refractivity contribution is -0.136. The van der Waals surface area contributed by atoms with E-state index in [0.29, 0.717) is 24.1 Å². The van der Waals surface area contributed by atoms with Gasteiger partial charge in [0.05, 0.1) is 23.0 Å². The number of carbonyl (C=O) groups is 2. The first-order valence-electron chi connectivity index (χ1n) is 8.42. The number of carboxylic acid groups (broad SMARTS) is 1. The first kappa shape index (κ1) is 18.7. The highest BCUT2D eigenvalue weighted by molar-refractivity contribution is 6.05. The van der Waals surface area contributed by atoms with Crippen LogP contribution in [0.4, 0.5) is 5.69 Å². The maximum Gasteiger partial charge on any atom is 0.303 e. The van der Waals surface area contributed by atoms with Crippen molar-refractivity contribution in [2.45, 2.75) is 52.5 Å². The minimum Gasteiger partial charge on any atom is -0.481 e. The Morgan fingerprint density at radius 3 is 2.60 bits per heavy atom. The molecule has 0 radical (unpaired) electrons. The zero-order valence-electron chi connectivity index (χ0n) is 15.2. The normalized spacial score (nSPS) is 11.4. The van der Waals surface area contributed by atoms with Gasteiger partial charge in [-0.3, -0.25) is 14.3 Å². The maximum atomic E-state index is 12.7. The summed E-state index contributed by atoms with van der Waals surface area (Å²) in [7, 11) is 0. The van der Waals surface area contributed by atoms with Gasteiger partial charge in [-0.15, -0.1) is 0 Å². The molecule has 0 spiro atoms. The van der Waals surface area contributed by atoms with Crippen LogP contribution < -0.4 is 5.32 Å². The van der Waals surface area contributed by atoms with Gasteiger partial charge in [-0.1, -0.05) is 19.1 Å². The van der Waals surface area contributed by atoms with Gasteiger partial charge in [-0.05, 0) is 51.3 Å². The third-order valence-electron chi connectivity index (χ3n) is 3.90. The Morgan fingerprint density at radius 1 is 1.28 bits per heavy atom. The lowest BCUT2D eigenvalue weighted by atomic mass is 10.1. The molecule has 6 heteroatoms. The van der Waals surface area contributed by atoms with E-state index >= 15 is 0 Å². The van der Waals surface area contributed by atoms with Crippen LogP contribution in [0.1, 0.15) is 55.7 Å². The van der Waals surface area contributed by atoms with E-state index in [1.54, 1.807) is 18.3 Å². The SMILES string of the molecule is CCc1c(C(=O)Nc2cccc(CCC(=O)O)c2)cnn1C(C)(C)C. The van der Waals surface area contributed by atoms with Crippen LogP contribution in [0.2, 0.25) is 0 Å². The number of nitrogens with one attached hydrogen (secondary N) is 1. The van der Waals surface area contributed by atoms with E-state index in [4.69, 9.17) is 5.11 Å². The molecule has 1 heterocycles. The number of aryl methyl sites for hydroxylation is 1. The molecule has 1 aromatic carbocycles. The summed E-state index contributed by atoms with van der Waals surface area (Å²) in [6.45, 7) is 8.15. The molecule has 0 unspecified atom stereocenters. The van der Waals surface area contributed by atoms with E-state index in [1.165, 1.54) is 0 Å². The van der Waals surface area contributed by atoms with Gasteiger partial charge in [-0.25, -0.2) is 0 Å². The summed E-state index contributed by atoms with van der Waals surface area (Å²) in [6.07, 6.45) is 2.81. The second-order valence-electron chi connectivity index (χ2n) is 6.99. The van der Waals surface area contributed by atoms with Gasteiger partial charge in [-0.2, -0.15) is 5.10 Å². The van der Waals surface area contributed by atoms with E-state index in [1.807, 2.05) is 44.5 Å². The second-order valence-corrected chi connectivity index (χ2v) is 6.99. The van der Waals surface area contributed by atoms with Crippen LogP contribution in [0.3, 0.4) is 0 Å². The number of aromatic nitrogens is 2. The molecule has 0 atom stereocenters. The van der Waals surface area contributed by atoms with Gasteiger partial charge in [0.1, 0.15) is 0 Å². The molecule has 2 rings (SSSR count). The van der Waals surface area contributed by atoms with Crippen molar-refractivity contribution in [1.82, 2.24) is 9.78 Å². The Hall–Kier alpha value is -2.63. The topological polar surface area (TPSA) is 84.2 Å². The fourth-order valence-electron chi connectivity index (χ4n) is 2.74. The van der Waals surface area contributed by atoms with Crippen LogP contribution in [0.5, 0.6) is 0 Å². The Bertz CT molecular complexity index is 772. The lowest BCUT2D eigenvalue weighted by Gasteiger charge is -2.22. The van der Waals surface area contributed by atoms with Crippen LogP contribution >= 0.6 is 0 Å². The number of nitrogens with zero attached hydrogens (tertiary/aromatic N) is 2. The van der Waals surface area contributed by atoms with Crippen LogP contribution in [0, 0.1) is 0 Å². The number of hydrogen-bond acceptors (Lipinski definition) is 3. The van der Waals surface area contributed by atoms with Crippen molar-refractivity contribution in [1.29, 1.82) is 0 Å². The predicted octanol–water partition coefficient (Wildman–Crippen LogP) is 3.47. The molecular weight excluding hydrogens is 318 g/mol. The fraction of sp³-hybridized carbons (Fsp3) is 0.421. The molecule has 0 saturated carbocycles. The highest BCUT2D eigenvalue weighted by Gasteiger charge is 2.23. The average molecular weight is 343 g/mol. The van der Waals surface area contributed by atoms with Crippen molar-refractivity contribution in [3.63, 3.8) is 0 Å². The van der Waals surface area contributed by atoms with Crippen LogP contribution in [0.15, 0.2) is 30.5 Å². The average Bonchev–Trinajstić information content (AvgIpc) is 2.97. The second kappa shape index (κ2) is 7.51. The third-order valence-corrected chi connectivity index (χ3v) is 3.90. The maximum absolute atomic E-state index is 12.7. The molecule has 134 valence electrons. The van der Waals surface area contributed by atoms with Crippen molar-refractivity contribution < 1.29 is 14.7 Å². The Morgan fingerprint density at radius 2 is 2.00 bits per heavy atom. The quantitative estimate of drug-likeness (QED) is 0.841. The van der Waals surface area contributed by atoms with Gasteiger partial charge in [0.25, 0.3) is 5.91 Å². The van der Waals surface area contributed by atoms with Crippen LogP contribution in [-0.2, 0) is 23.2 Å². The number of benzene rings is 1. The highest BCUT2D eigenvalue weighted by Crippen LogP contribution is 2.21. The number of anilines is 1. The van der Waals surface area contributed by atoms with E-state index in [0.717, 1.165) is 11.3 Å². The Labute approximate surface area is 147 Å². The molecule has 0 bridgehead atoms. The van der Waals surface area contributed by atoms with Crippen molar-refractivity contribution in [3.05, 3.63) is 47.3 Å². The molecule has 0 aliphatic rings. The molecule has 0 saturated heterocycles. The molecular formula is C19H25N3O3. The zero-order chi connectivity index (χ0) is 18.6. The third kappa shape index (κ3) is 4.68.